The Bertz CT molecular complexity index is 383. The Hall–Kier alpha value is -0.0831. The van der Waals surface area contributed by atoms with Crippen LogP contribution in [-0.2, 0) is 4.74 Å². The molecule has 0 aromatic heterocycles. The van der Waals surface area contributed by atoms with Crippen LogP contribution in [0.15, 0.2) is 12.2 Å². The van der Waals surface area contributed by atoms with Gasteiger partial charge in [0.2, 0.25) is 0 Å². The summed E-state index contributed by atoms with van der Waals surface area (Å²) in [6.45, 7) is 9.75. The Kier molecular flexibility index (Phi) is 1.55. The second-order valence-electron chi connectivity index (χ2n) is 7.73. The van der Waals surface area contributed by atoms with E-state index in [2.05, 4.69) is 31.8 Å². The summed E-state index contributed by atoms with van der Waals surface area (Å²) in [6.07, 6.45) is 6.53. The summed E-state index contributed by atoms with van der Waals surface area (Å²) >= 11 is 0. The summed E-state index contributed by atoms with van der Waals surface area (Å²) in [7, 11) is -0.957. The third kappa shape index (κ3) is 0.829. The quantitative estimate of drug-likeness (QED) is 0.527. The van der Waals surface area contributed by atoms with E-state index in [1.54, 1.807) is 0 Å². The van der Waals surface area contributed by atoms with E-state index < -0.39 is 8.07 Å². The fraction of sp³-hybridized carbons (Fsp3) is 0.857. The van der Waals surface area contributed by atoms with Crippen LogP contribution in [0.2, 0.25) is 25.7 Å². The highest BCUT2D eigenvalue weighted by Crippen LogP contribution is 2.88. The molecular formula is C14H22OSi. The van der Waals surface area contributed by atoms with Crippen molar-refractivity contribution >= 4 is 8.07 Å². The van der Waals surface area contributed by atoms with Crippen LogP contribution in [0.25, 0.3) is 0 Å². The van der Waals surface area contributed by atoms with Gasteiger partial charge in [-0.05, 0) is 29.6 Å². The maximum atomic E-state index is 5.83. The number of hydrogen-bond acceptors (Lipinski definition) is 1. The molecule has 1 spiro atoms. The predicted molar refractivity (Wildman–Crippen MR) is 68.1 cm³/mol. The summed E-state index contributed by atoms with van der Waals surface area (Å²) in [6, 6.07) is 1.53. The average molecular weight is 234 g/mol. The van der Waals surface area contributed by atoms with Crippen molar-refractivity contribution in [3.8, 4) is 0 Å². The zero-order chi connectivity index (χ0) is 11.2. The van der Waals surface area contributed by atoms with Crippen LogP contribution in [0, 0.1) is 28.6 Å². The van der Waals surface area contributed by atoms with Crippen molar-refractivity contribution in [2.24, 2.45) is 28.6 Å². The predicted octanol–water partition coefficient (Wildman–Crippen LogP) is 3.16. The largest absolute Gasteiger partial charge is 0.381 e. The average Bonchev–Trinajstić information content (AvgIpc) is 2.50. The minimum absolute atomic E-state index is 0.618. The zero-order valence-electron chi connectivity index (χ0n) is 10.6. The summed E-state index contributed by atoms with van der Waals surface area (Å²) < 4.78 is 5.83. The van der Waals surface area contributed by atoms with E-state index in [1.165, 1.54) is 12.5 Å². The molecule has 1 saturated heterocycles. The maximum Gasteiger partial charge on any atom is 0.0537 e. The monoisotopic (exact) mass is 234 g/mol. The molecule has 3 fully saturated rings. The third-order valence-electron chi connectivity index (χ3n) is 5.84. The lowest BCUT2D eigenvalue weighted by Crippen LogP contribution is -2.29. The highest BCUT2D eigenvalue weighted by Gasteiger charge is 2.86. The molecule has 0 N–H and O–H groups in total. The Morgan fingerprint density at radius 3 is 2.88 bits per heavy atom. The van der Waals surface area contributed by atoms with Crippen molar-refractivity contribution in [3.63, 3.8) is 0 Å². The van der Waals surface area contributed by atoms with Crippen molar-refractivity contribution in [1.29, 1.82) is 0 Å². The fourth-order valence-electron chi connectivity index (χ4n) is 5.67. The van der Waals surface area contributed by atoms with Gasteiger partial charge in [-0.3, -0.25) is 0 Å². The van der Waals surface area contributed by atoms with Crippen LogP contribution in [-0.4, -0.2) is 21.3 Å². The van der Waals surface area contributed by atoms with Gasteiger partial charge in [-0.2, -0.15) is 0 Å². The summed E-state index contributed by atoms with van der Waals surface area (Å²) in [5.74, 6) is 2.71. The minimum atomic E-state index is -0.957. The lowest BCUT2D eigenvalue weighted by atomic mass is 9.90. The van der Waals surface area contributed by atoms with Crippen molar-refractivity contribution in [1.82, 2.24) is 0 Å². The molecule has 1 aliphatic heterocycles. The van der Waals surface area contributed by atoms with E-state index in [4.69, 9.17) is 4.74 Å². The highest BCUT2D eigenvalue weighted by atomic mass is 28.3. The molecule has 0 amide bonds. The first-order valence-electron chi connectivity index (χ1n) is 6.77. The van der Waals surface area contributed by atoms with Gasteiger partial charge in [0, 0.05) is 13.5 Å². The number of hydrogen-bond donors (Lipinski definition) is 0. The van der Waals surface area contributed by atoms with Gasteiger partial charge in [-0.1, -0.05) is 37.8 Å². The topological polar surface area (TPSA) is 9.23 Å². The number of ether oxygens (including phenoxy) is 1. The lowest BCUT2D eigenvalue weighted by molar-refractivity contribution is 0.158. The van der Waals surface area contributed by atoms with Gasteiger partial charge in [0.25, 0.3) is 0 Å². The van der Waals surface area contributed by atoms with E-state index >= 15 is 0 Å². The van der Waals surface area contributed by atoms with Crippen LogP contribution in [0.5, 0.6) is 0 Å². The SMILES string of the molecule is C[Si](C)(C)CC12C3C=CC1C21COCC1C3. The first-order valence-corrected chi connectivity index (χ1v) is 10.5. The van der Waals surface area contributed by atoms with Gasteiger partial charge < -0.3 is 4.74 Å². The van der Waals surface area contributed by atoms with Crippen LogP contribution in [0.3, 0.4) is 0 Å². The van der Waals surface area contributed by atoms with Crippen molar-refractivity contribution in [2.75, 3.05) is 13.2 Å². The molecule has 2 saturated carbocycles. The normalized spacial score (nSPS) is 56.6. The van der Waals surface area contributed by atoms with Gasteiger partial charge in [0.05, 0.1) is 13.2 Å². The summed E-state index contributed by atoms with van der Waals surface area (Å²) in [4.78, 5) is 0. The molecule has 0 radical (unpaired) electrons. The number of allylic oxidation sites excluding steroid dienone is 2. The molecular weight excluding hydrogens is 212 g/mol. The zero-order valence-corrected chi connectivity index (χ0v) is 11.6. The molecule has 5 atom stereocenters. The minimum Gasteiger partial charge on any atom is -0.381 e. The van der Waals surface area contributed by atoms with Crippen molar-refractivity contribution in [2.45, 2.75) is 32.1 Å². The van der Waals surface area contributed by atoms with E-state index in [9.17, 15) is 0 Å². The molecule has 0 aromatic rings. The molecule has 1 heterocycles. The molecule has 16 heavy (non-hydrogen) atoms. The molecule has 2 heteroatoms. The van der Waals surface area contributed by atoms with E-state index in [0.29, 0.717) is 10.8 Å². The molecule has 5 unspecified atom stereocenters. The lowest BCUT2D eigenvalue weighted by Gasteiger charge is -2.28. The summed E-state index contributed by atoms with van der Waals surface area (Å²) in [5.41, 5.74) is 1.30. The van der Waals surface area contributed by atoms with Crippen molar-refractivity contribution in [3.05, 3.63) is 12.2 Å². The van der Waals surface area contributed by atoms with Crippen molar-refractivity contribution < 1.29 is 4.74 Å². The Morgan fingerprint density at radius 1 is 1.31 bits per heavy atom. The molecule has 88 valence electrons. The Morgan fingerprint density at radius 2 is 2.12 bits per heavy atom. The molecule has 0 bridgehead atoms. The second kappa shape index (κ2) is 2.51. The molecule has 4 aliphatic rings. The molecule has 0 aromatic carbocycles. The summed E-state index contributed by atoms with van der Waals surface area (Å²) in [5, 5.41) is 0. The first kappa shape index (κ1) is 9.90. The Balaban J connectivity index is 1.76. The van der Waals surface area contributed by atoms with Gasteiger partial charge >= 0.3 is 0 Å². The molecule has 4 rings (SSSR count). The first-order chi connectivity index (χ1) is 7.51. The molecule has 3 aliphatic carbocycles. The van der Waals surface area contributed by atoms with Crippen LogP contribution < -0.4 is 0 Å². The fourth-order valence-corrected chi connectivity index (χ4v) is 8.24. The van der Waals surface area contributed by atoms with Gasteiger partial charge in [-0.25, -0.2) is 0 Å². The van der Waals surface area contributed by atoms with Gasteiger partial charge in [0.15, 0.2) is 0 Å². The Labute approximate surface area is 99.3 Å². The van der Waals surface area contributed by atoms with E-state index in [0.717, 1.165) is 31.0 Å². The van der Waals surface area contributed by atoms with Crippen LogP contribution in [0.4, 0.5) is 0 Å². The van der Waals surface area contributed by atoms with E-state index in [-0.39, 0.29) is 0 Å². The number of rotatable bonds is 2. The van der Waals surface area contributed by atoms with Crippen LogP contribution >= 0.6 is 0 Å². The highest BCUT2D eigenvalue weighted by molar-refractivity contribution is 6.76. The van der Waals surface area contributed by atoms with E-state index in [1.807, 2.05) is 0 Å². The smallest absolute Gasteiger partial charge is 0.0537 e. The van der Waals surface area contributed by atoms with Gasteiger partial charge in [-0.15, -0.1) is 0 Å². The second-order valence-corrected chi connectivity index (χ2v) is 13.2. The third-order valence-corrected chi connectivity index (χ3v) is 7.49. The van der Waals surface area contributed by atoms with Gasteiger partial charge in [0.1, 0.15) is 0 Å². The molecule has 1 nitrogen and oxygen atoms in total. The maximum absolute atomic E-state index is 5.83. The van der Waals surface area contributed by atoms with Crippen LogP contribution in [0.1, 0.15) is 6.42 Å². The standard InChI is InChI=1S/C14H22OSi/c1-16(2,3)9-14-10-4-5-12(14)13(14)8-15-7-11(13)6-10/h4-5,10-12H,6-9H2,1-3H3.